The number of carbonyl (C=O) groups excluding carboxylic acids is 1. The second-order valence-corrected chi connectivity index (χ2v) is 8.11. The second kappa shape index (κ2) is 8.26. The lowest BCUT2D eigenvalue weighted by molar-refractivity contribution is 0.0949. The molecule has 1 heterocycles. The number of benzene rings is 1. The summed E-state index contributed by atoms with van der Waals surface area (Å²) < 4.78 is 26.7. The number of aromatic nitrogens is 2. The fourth-order valence-corrected chi connectivity index (χ4v) is 3.31. The van der Waals surface area contributed by atoms with E-state index in [2.05, 4.69) is 34.1 Å². The van der Waals surface area contributed by atoms with Crippen molar-refractivity contribution in [1.82, 2.24) is 20.2 Å². The number of nitrogens with one attached hydrogen (secondary N) is 3. The van der Waals surface area contributed by atoms with Crippen LogP contribution in [0.5, 0.6) is 0 Å². The number of hydrogen-bond donors (Lipinski definition) is 3. The number of amides is 1. The van der Waals surface area contributed by atoms with Gasteiger partial charge in [-0.05, 0) is 37.5 Å². The minimum absolute atomic E-state index is 0.102. The van der Waals surface area contributed by atoms with Gasteiger partial charge in [0.2, 0.25) is 10.0 Å². The van der Waals surface area contributed by atoms with Crippen molar-refractivity contribution in [3.8, 4) is 0 Å². The smallest absolute Gasteiger partial charge is 0.271 e. The van der Waals surface area contributed by atoms with Crippen molar-refractivity contribution in [2.24, 2.45) is 5.92 Å². The summed E-state index contributed by atoms with van der Waals surface area (Å²) in [6.45, 7) is 6.34. The maximum absolute atomic E-state index is 12.1. The lowest BCUT2D eigenvalue weighted by Gasteiger charge is -2.07. The molecular formula is C17H24N4O3S. The molecule has 0 aliphatic carbocycles. The third kappa shape index (κ3) is 5.68. The Kier molecular flexibility index (Phi) is 6.33. The Hall–Kier alpha value is -2.19. The molecule has 1 amide bonds. The van der Waals surface area contributed by atoms with Gasteiger partial charge in [0.25, 0.3) is 5.91 Å². The van der Waals surface area contributed by atoms with E-state index in [4.69, 9.17) is 0 Å². The van der Waals surface area contributed by atoms with Crippen molar-refractivity contribution in [3.63, 3.8) is 0 Å². The molecule has 3 N–H and O–H groups in total. The predicted molar refractivity (Wildman–Crippen MR) is 95.8 cm³/mol. The van der Waals surface area contributed by atoms with Crippen molar-refractivity contribution in [2.75, 3.05) is 13.1 Å². The SMILES string of the molecule is Cc1ccc(S(=O)(=O)NCCNC(=O)c2cc(CC(C)C)[nH]n2)cc1. The molecule has 136 valence electrons. The molecule has 8 heteroatoms. The third-order valence-corrected chi connectivity index (χ3v) is 5.00. The van der Waals surface area contributed by atoms with Gasteiger partial charge in [-0.15, -0.1) is 0 Å². The molecule has 0 aliphatic heterocycles. The molecule has 0 fully saturated rings. The molecule has 0 radical (unpaired) electrons. The highest BCUT2D eigenvalue weighted by molar-refractivity contribution is 7.89. The van der Waals surface area contributed by atoms with Gasteiger partial charge in [0.15, 0.2) is 0 Å². The first-order chi connectivity index (χ1) is 11.8. The Labute approximate surface area is 148 Å². The molecule has 0 saturated heterocycles. The fraction of sp³-hybridized carbons (Fsp3) is 0.412. The van der Waals surface area contributed by atoms with Gasteiger partial charge in [-0.2, -0.15) is 5.10 Å². The third-order valence-electron chi connectivity index (χ3n) is 3.53. The van der Waals surface area contributed by atoms with E-state index in [1.807, 2.05) is 6.92 Å². The Morgan fingerprint density at radius 2 is 1.88 bits per heavy atom. The number of hydrogen-bond acceptors (Lipinski definition) is 4. The van der Waals surface area contributed by atoms with Gasteiger partial charge in [0, 0.05) is 18.8 Å². The van der Waals surface area contributed by atoms with E-state index >= 15 is 0 Å². The van der Waals surface area contributed by atoms with E-state index in [0.717, 1.165) is 17.7 Å². The first kappa shape index (κ1) is 19.1. The van der Waals surface area contributed by atoms with E-state index in [9.17, 15) is 13.2 Å². The summed E-state index contributed by atoms with van der Waals surface area (Å²) in [5.41, 5.74) is 2.19. The van der Waals surface area contributed by atoms with Crippen molar-refractivity contribution in [2.45, 2.75) is 32.1 Å². The molecule has 2 rings (SSSR count). The number of nitrogens with zero attached hydrogens (tertiary/aromatic N) is 1. The highest BCUT2D eigenvalue weighted by Gasteiger charge is 2.14. The van der Waals surface area contributed by atoms with E-state index in [1.54, 1.807) is 30.3 Å². The summed E-state index contributed by atoms with van der Waals surface area (Å²) in [4.78, 5) is 12.2. The normalized spacial score (nSPS) is 11.7. The number of rotatable bonds is 8. The minimum Gasteiger partial charge on any atom is -0.349 e. The van der Waals surface area contributed by atoms with Crippen LogP contribution in [0.3, 0.4) is 0 Å². The maximum Gasteiger partial charge on any atom is 0.271 e. The van der Waals surface area contributed by atoms with E-state index < -0.39 is 10.0 Å². The van der Waals surface area contributed by atoms with Gasteiger partial charge in [0.05, 0.1) is 4.90 Å². The maximum atomic E-state index is 12.1. The summed E-state index contributed by atoms with van der Waals surface area (Å²) in [6, 6.07) is 8.30. The summed E-state index contributed by atoms with van der Waals surface area (Å²) >= 11 is 0. The van der Waals surface area contributed by atoms with Crippen molar-refractivity contribution < 1.29 is 13.2 Å². The Balaban J connectivity index is 1.81. The van der Waals surface area contributed by atoms with Crippen LogP contribution in [0, 0.1) is 12.8 Å². The van der Waals surface area contributed by atoms with Crippen LogP contribution in [-0.4, -0.2) is 37.6 Å². The zero-order valence-electron chi connectivity index (χ0n) is 14.7. The van der Waals surface area contributed by atoms with Crippen LogP contribution in [-0.2, 0) is 16.4 Å². The van der Waals surface area contributed by atoms with Crippen molar-refractivity contribution in [1.29, 1.82) is 0 Å². The number of sulfonamides is 1. The quantitative estimate of drug-likeness (QED) is 0.619. The topological polar surface area (TPSA) is 104 Å². The standard InChI is InChI=1S/C17H24N4O3S/c1-12(2)10-14-11-16(21-20-14)17(22)18-8-9-19-25(23,24)15-6-4-13(3)5-7-15/h4-7,11-12,19H,8-10H2,1-3H3,(H,18,22)(H,20,21). The molecule has 1 aromatic carbocycles. The Bertz CT molecular complexity index is 811. The zero-order chi connectivity index (χ0) is 18.4. The van der Waals surface area contributed by atoms with E-state index in [-0.39, 0.29) is 23.9 Å². The van der Waals surface area contributed by atoms with E-state index in [1.165, 1.54) is 0 Å². The summed E-state index contributed by atoms with van der Waals surface area (Å²) in [5.74, 6) is 0.133. The number of H-pyrrole nitrogens is 1. The van der Waals surface area contributed by atoms with Gasteiger partial charge in [-0.25, -0.2) is 13.1 Å². The first-order valence-corrected chi connectivity index (χ1v) is 9.65. The monoisotopic (exact) mass is 364 g/mol. The molecule has 1 aromatic heterocycles. The largest absolute Gasteiger partial charge is 0.349 e. The van der Waals surface area contributed by atoms with Crippen molar-refractivity contribution in [3.05, 3.63) is 47.3 Å². The molecule has 0 aliphatic rings. The van der Waals surface area contributed by atoms with Crippen LogP contribution in [0.1, 0.15) is 35.6 Å². The lowest BCUT2D eigenvalue weighted by atomic mass is 10.1. The lowest BCUT2D eigenvalue weighted by Crippen LogP contribution is -2.34. The average molecular weight is 364 g/mol. The van der Waals surface area contributed by atoms with Crippen LogP contribution < -0.4 is 10.0 Å². The summed E-state index contributed by atoms with van der Waals surface area (Å²) in [5, 5.41) is 9.46. The molecule has 0 bridgehead atoms. The molecular weight excluding hydrogens is 340 g/mol. The van der Waals surface area contributed by atoms with Crippen LogP contribution in [0.25, 0.3) is 0 Å². The Morgan fingerprint density at radius 1 is 1.20 bits per heavy atom. The minimum atomic E-state index is -3.57. The Morgan fingerprint density at radius 3 is 2.52 bits per heavy atom. The average Bonchev–Trinajstić information content (AvgIpc) is 2.99. The summed E-state index contributed by atoms with van der Waals surface area (Å²) in [6.07, 6.45) is 0.816. The van der Waals surface area contributed by atoms with Gasteiger partial charge in [-0.3, -0.25) is 9.89 Å². The van der Waals surface area contributed by atoms with Gasteiger partial charge in [-0.1, -0.05) is 31.5 Å². The second-order valence-electron chi connectivity index (χ2n) is 6.34. The van der Waals surface area contributed by atoms with Gasteiger partial charge < -0.3 is 5.32 Å². The molecule has 0 spiro atoms. The molecule has 0 atom stereocenters. The number of carbonyl (C=O) groups is 1. The summed E-state index contributed by atoms with van der Waals surface area (Å²) in [7, 11) is -3.57. The molecule has 25 heavy (non-hydrogen) atoms. The first-order valence-electron chi connectivity index (χ1n) is 8.17. The van der Waals surface area contributed by atoms with Crippen molar-refractivity contribution >= 4 is 15.9 Å². The fourth-order valence-electron chi connectivity index (χ4n) is 2.28. The molecule has 0 unspecified atom stereocenters. The van der Waals surface area contributed by atoms with Crippen LogP contribution in [0.2, 0.25) is 0 Å². The van der Waals surface area contributed by atoms with Crippen LogP contribution in [0.15, 0.2) is 35.2 Å². The highest BCUT2D eigenvalue weighted by atomic mass is 32.2. The zero-order valence-corrected chi connectivity index (χ0v) is 15.5. The highest BCUT2D eigenvalue weighted by Crippen LogP contribution is 2.09. The molecule has 2 aromatic rings. The number of aryl methyl sites for hydroxylation is 1. The number of aromatic amines is 1. The van der Waals surface area contributed by atoms with Gasteiger partial charge in [0.1, 0.15) is 5.69 Å². The van der Waals surface area contributed by atoms with Crippen LogP contribution >= 0.6 is 0 Å². The molecule has 0 saturated carbocycles. The van der Waals surface area contributed by atoms with Crippen LogP contribution in [0.4, 0.5) is 0 Å². The predicted octanol–water partition coefficient (Wildman–Crippen LogP) is 1.62. The van der Waals surface area contributed by atoms with Gasteiger partial charge >= 0.3 is 0 Å². The molecule has 7 nitrogen and oxygen atoms in total. The van der Waals surface area contributed by atoms with E-state index in [0.29, 0.717) is 11.6 Å².